The van der Waals surface area contributed by atoms with Gasteiger partial charge < -0.3 is 19.7 Å². The summed E-state index contributed by atoms with van der Waals surface area (Å²) >= 11 is 2.01. The van der Waals surface area contributed by atoms with Crippen LogP contribution >= 0.6 is 11.9 Å². The molecule has 2 unspecified atom stereocenters. The van der Waals surface area contributed by atoms with Gasteiger partial charge in [0.1, 0.15) is 22.9 Å². The Hall–Kier alpha value is -4.78. The predicted molar refractivity (Wildman–Crippen MR) is 242 cm³/mol. The van der Waals surface area contributed by atoms with E-state index in [9.17, 15) is 14.4 Å². The van der Waals surface area contributed by atoms with Crippen LogP contribution < -0.4 is 15.6 Å². The number of amides is 2. The number of aldehydes is 1. The number of hydrogen-bond acceptors (Lipinski definition) is 12. The molecule has 64 heavy (non-hydrogen) atoms. The Morgan fingerprint density at radius 3 is 2.30 bits per heavy atom. The van der Waals surface area contributed by atoms with Crippen LogP contribution in [0.1, 0.15) is 97.8 Å². The standard InChI is InChI=1S/C46H58F3N11O3S/c1-27(2)59-28(3)52-44-39(48)17-30(19-42(44)59)43-40(49)21-50-46(54-43)53-32-7-13-58(14-8-32)64-36-9-11-56(12-10-36)22-29-15-33-5-6-34(16-29)60(33)35-23-57(24-35)41-20-37(31(25-61)18-38(41)47)45(63)55(4)51-26-62/h17-21,25-27,29,32-36H,5-16,22-24H2,1-4H3,(H,51,62)(H,50,53,54). The topological polar surface area (TPSA) is 135 Å². The van der Waals surface area contributed by atoms with Crippen molar-refractivity contribution < 1.29 is 27.6 Å². The molecule has 5 fully saturated rings. The fraction of sp³-hybridized carbons (Fsp3) is 0.565. The van der Waals surface area contributed by atoms with Gasteiger partial charge in [0.15, 0.2) is 17.9 Å². The summed E-state index contributed by atoms with van der Waals surface area (Å²) in [5.41, 5.74) is 3.88. The minimum atomic E-state index is -0.600. The fourth-order valence-electron chi connectivity index (χ4n) is 11.1. The van der Waals surface area contributed by atoms with Gasteiger partial charge in [-0.15, -0.1) is 0 Å². The highest BCUT2D eigenvalue weighted by Gasteiger charge is 2.47. The Balaban J connectivity index is 0.713. The van der Waals surface area contributed by atoms with Gasteiger partial charge in [0.05, 0.1) is 23.0 Å². The second-order valence-electron chi connectivity index (χ2n) is 18.6. The average molecular weight is 902 g/mol. The molecule has 5 aliphatic heterocycles. The van der Waals surface area contributed by atoms with E-state index in [0.717, 1.165) is 62.8 Å². The molecule has 2 amide bonds. The lowest BCUT2D eigenvalue weighted by atomic mass is 9.87. The van der Waals surface area contributed by atoms with Crippen molar-refractivity contribution in [2.24, 2.45) is 5.92 Å². The molecule has 9 rings (SSSR count). The zero-order chi connectivity index (χ0) is 44.8. The second kappa shape index (κ2) is 18.6. The fourth-order valence-corrected chi connectivity index (χ4v) is 12.4. The molecule has 5 aliphatic rings. The molecule has 0 aliphatic carbocycles. The summed E-state index contributed by atoms with van der Waals surface area (Å²) in [6.45, 7) is 12.5. The van der Waals surface area contributed by atoms with Gasteiger partial charge in [0, 0.05) is 86.4 Å². The number of nitrogens with zero attached hydrogens (tertiary/aromatic N) is 9. The molecule has 2 bridgehead atoms. The number of aryl methyl sites for hydroxylation is 1. The van der Waals surface area contributed by atoms with E-state index in [1.807, 2.05) is 42.2 Å². The smallest absolute Gasteiger partial charge is 0.272 e. The van der Waals surface area contributed by atoms with Crippen LogP contribution in [-0.4, -0.2) is 140 Å². The number of benzene rings is 2. The number of likely N-dealkylation sites (tertiary alicyclic amines) is 1. The molecule has 5 saturated heterocycles. The van der Waals surface area contributed by atoms with Crippen LogP contribution in [0.25, 0.3) is 22.3 Å². The van der Waals surface area contributed by atoms with E-state index in [2.05, 4.69) is 39.8 Å². The Labute approximate surface area is 376 Å². The molecule has 0 saturated carbocycles. The third-order valence-corrected chi connectivity index (χ3v) is 15.6. The maximum absolute atomic E-state index is 15.2. The quantitative estimate of drug-likeness (QED) is 0.0817. The summed E-state index contributed by atoms with van der Waals surface area (Å²) in [5, 5.41) is 5.01. The Morgan fingerprint density at radius 1 is 0.906 bits per heavy atom. The van der Waals surface area contributed by atoms with Crippen LogP contribution in [0.15, 0.2) is 30.5 Å². The van der Waals surface area contributed by atoms with Gasteiger partial charge >= 0.3 is 0 Å². The molecule has 18 heteroatoms. The summed E-state index contributed by atoms with van der Waals surface area (Å²) in [6.07, 6.45) is 10.9. The van der Waals surface area contributed by atoms with Crippen LogP contribution in [-0.2, 0) is 4.79 Å². The van der Waals surface area contributed by atoms with Gasteiger partial charge in [-0.05, 0) is 115 Å². The van der Waals surface area contributed by atoms with E-state index < -0.39 is 23.4 Å². The molecule has 2 aromatic heterocycles. The van der Waals surface area contributed by atoms with Crippen LogP contribution in [0.4, 0.5) is 24.8 Å². The van der Waals surface area contributed by atoms with E-state index >= 15 is 13.2 Å². The molecule has 7 heterocycles. The number of imidazole rings is 1. The van der Waals surface area contributed by atoms with E-state index in [0.29, 0.717) is 83.6 Å². The van der Waals surface area contributed by atoms with Crippen molar-refractivity contribution in [1.82, 2.24) is 44.1 Å². The van der Waals surface area contributed by atoms with Crippen molar-refractivity contribution in [1.29, 1.82) is 0 Å². The van der Waals surface area contributed by atoms with Gasteiger partial charge in [0.2, 0.25) is 12.4 Å². The number of aromatic nitrogens is 4. The van der Waals surface area contributed by atoms with Gasteiger partial charge in [-0.25, -0.2) is 28.1 Å². The zero-order valence-electron chi connectivity index (χ0n) is 37.0. The molecule has 2 aromatic carbocycles. The third-order valence-electron chi connectivity index (χ3n) is 14.1. The van der Waals surface area contributed by atoms with Crippen molar-refractivity contribution in [3.05, 3.63) is 64.9 Å². The van der Waals surface area contributed by atoms with Crippen LogP contribution in [0.5, 0.6) is 0 Å². The highest BCUT2D eigenvalue weighted by molar-refractivity contribution is 7.97. The monoisotopic (exact) mass is 901 g/mol. The Bertz CT molecular complexity index is 2370. The normalized spacial score (nSPS) is 22.9. The first-order valence-corrected chi connectivity index (χ1v) is 23.6. The highest BCUT2D eigenvalue weighted by atomic mass is 32.2. The third kappa shape index (κ3) is 8.94. The van der Waals surface area contributed by atoms with Crippen molar-refractivity contribution in [3.63, 3.8) is 0 Å². The summed E-state index contributed by atoms with van der Waals surface area (Å²) in [7, 11) is 1.38. The molecule has 0 radical (unpaired) electrons. The van der Waals surface area contributed by atoms with Crippen LogP contribution in [0.3, 0.4) is 0 Å². The maximum atomic E-state index is 15.2. The lowest BCUT2D eigenvalue weighted by molar-refractivity contribution is -0.112. The number of nitrogens with one attached hydrogen (secondary N) is 2. The summed E-state index contributed by atoms with van der Waals surface area (Å²) < 4.78 is 50.0. The van der Waals surface area contributed by atoms with E-state index in [4.69, 9.17) is 0 Å². The van der Waals surface area contributed by atoms with Crippen LogP contribution in [0, 0.1) is 30.3 Å². The lowest BCUT2D eigenvalue weighted by Crippen LogP contribution is -2.64. The van der Waals surface area contributed by atoms with Crippen molar-refractivity contribution in [2.45, 2.75) is 108 Å². The summed E-state index contributed by atoms with van der Waals surface area (Å²) in [4.78, 5) is 55.9. The number of carbonyl (C=O) groups is 3. The summed E-state index contributed by atoms with van der Waals surface area (Å²) in [6, 6.07) is 7.22. The van der Waals surface area contributed by atoms with Crippen molar-refractivity contribution >= 4 is 53.2 Å². The number of fused-ring (bicyclic) bond motifs is 3. The molecular formula is C46H58F3N11O3S. The molecular weight excluding hydrogens is 844 g/mol. The number of hydrogen-bond donors (Lipinski definition) is 2. The molecule has 0 spiro atoms. The Kier molecular flexibility index (Phi) is 12.9. The molecule has 2 atom stereocenters. The minimum Gasteiger partial charge on any atom is -0.366 e. The maximum Gasteiger partial charge on any atom is 0.272 e. The minimum absolute atomic E-state index is 0.0512. The second-order valence-corrected chi connectivity index (χ2v) is 20.0. The lowest BCUT2D eigenvalue weighted by Gasteiger charge is -2.52. The van der Waals surface area contributed by atoms with Crippen molar-refractivity contribution in [2.75, 3.05) is 63.1 Å². The average Bonchev–Trinajstić information content (AvgIpc) is 3.73. The van der Waals surface area contributed by atoms with E-state index in [-0.39, 0.29) is 34.4 Å². The predicted octanol–water partition coefficient (Wildman–Crippen LogP) is 6.47. The number of anilines is 2. The molecule has 14 nitrogen and oxygen atoms in total. The van der Waals surface area contributed by atoms with Gasteiger partial charge in [-0.1, -0.05) is 11.9 Å². The van der Waals surface area contributed by atoms with Crippen molar-refractivity contribution in [3.8, 4) is 11.3 Å². The van der Waals surface area contributed by atoms with Gasteiger partial charge in [-0.2, -0.15) is 0 Å². The number of hydrazine groups is 1. The largest absolute Gasteiger partial charge is 0.366 e. The number of rotatable bonds is 14. The summed E-state index contributed by atoms with van der Waals surface area (Å²) in [5.74, 6) is -0.505. The molecule has 2 N–H and O–H groups in total. The zero-order valence-corrected chi connectivity index (χ0v) is 37.8. The first-order valence-electron chi connectivity index (χ1n) is 22.8. The number of piperidine rings is 3. The highest BCUT2D eigenvalue weighted by Crippen LogP contribution is 2.43. The van der Waals surface area contributed by atoms with E-state index in [1.54, 1.807) is 6.07 Å². The Morgan fingerprint density at radius 2 is 1.62 bits per heavy atom. The number of halogens is 3. The first-order chi connectivity index (χ1) is 30.9. The van der Waals surface area contributed by atoms with Gasteiger partial charge in [0.25, 0.3) is 5.91 Å². The molecule has 4 aromatic rings. The molecule has 342 valence electrons. The van der Waals surface area contributed by atoms with Gasteiger partial charge in [-0.3, -0.25) is 34.0 Å². The first kappa shape index (κ1) is 44.4. The van der Waals surface area contributed by atoms with Crippen LogP contribution in [0.2, 0.25) is 0 Å². The number of carbonyl (C=O) groups excluding carboxylic acids is 3. The van der Waals surface area contributed by atoms with E-state index in [1.165, 1.54) is 57.7 Å². The SMILES string of the molecule is Cc1nc2c(F)cc(-c3nc(NC4CCN(SC5CCN(CC6CC7CCC(C6)N7C6CN(c7cc(C(=O)N(C)NC=O)c(C=O)cc7F)C6)CC5)CC4)ncc3F)cc2n1C(C)C.